The lowest BCUT2D eigenvalue weighted by Crippen LogP contribution is -2.30. The summed E-state index contributed by atoms with van der Waals surface area (Å²) in [7, 11) is 0. The summed E-state index contributed by atoms with van der Waals surface area (Å²) in [6.45, 7) is 8.63. The van der Waals surface area contributed by atoms with E-state index in [1.807, 2.05) is 27.7 Å². The maximum Gasteiger partial charge on any atom is 0.327 e. The summed E-state index contributed by atoms with van der Waals surface area (Å²) in [5, 5.41) is 5.79. The van der Waals surface area contributed by atoms with Crippen molar-refractivity contribution in [2.45, 2.75) is 53.4 Å². The Hall–Kier alpha value is -2.64. The predicted octanol–water partition coefficient (Wildman–Crippen LogP) is 2.69. The van der Waals surface area contributed by atoms with Gasteiger partial charge in [-0.25, -0.2) is 19.6 Å². The first-order chi connectivity index (χ1) is 12.4. The van der Waals surface area contributed by atoms with Crippen LogP contribution in [0.15, 0.2) is 12.4 Å². The molecular formula is C18H28N6O2. The molecule has 2 N–H and O–H groups in total. The van der Waals surface area contributed by atoms with E-state index in [1.165, 1.54) is 9.13 Å². The van der Waals surface area contributed by atoms with Gasteiger partial charge in [-0.05, 0) is 40.5 Å². The van der Waals surface area contributed by atoms with Crippen molar-refractivity contribution in [3.8, 4) is 0 Å². The number of aryl methyl sites for hydroxylation is 4. The number of amides is 2. The summed E-state index contributed by atoms with van der Waals surface area (Å²) in [5.74, 6) is 1.39. The van der Waals surface area contributed by atoms with Crippen molar-refractivity contribution in [1.82, 2.24) is 29.7 Å². The quantitative estimate of drug-likeness (QED) is 0.742. The smallest absolute Gasteiger partial charge is 0.327 e. The molecule has 2 heterocycles. The number of aromatic nitrogens is 4. The highest BCUT2D eigenvalue weighted by atomic mass is 16.2. The number of unbranched alkanes of at least 4 members (excludes halogenated alkanes) is 3. The van der Waals surface area contributed by atoms with Crippen LogP contribution in [0.2, 0.25) is 0 Å². The van der Waals surface area contributed by atoms with Gasteiger partial charge in [0.05, 0.1) is 11.4 Å². The summed E-state index contributed by atoms with van der Waals surface area (Å²) >= 11 is 0. The average Bonchev–Trinajstić information content (AvgIpc) is 3.10. The van der Waals surface area contributed by atoms with E-state index >= 15 is 0 Å². The van der Waals surface area contributed by atoms with Crippen LogP contribution in [0.4, 0.5) is 9.59 Å². The van der Waals surface area contributed by atoms with Crippen LogP contribution in [0.5, 0.6) is 0 Å². The molecule has 0 saturated carbocycles. The highest BCUT2D eigenvalue weighted by molar-refractivity contribution is 5.77. The molecule has 0 unspecified atom stereocenters. The number of rotatable bonds is 7. The predicted molar refractivity (Wildman–Crippen MR) is 99.5 cm³/mol. The van der Waals surface area contributed by atoms with Crippen LogP contribution in [0.3, 0.4) is 0 Å². The molecule has 0 aromatic carbocycles. The molecule has 0 bridgehead atoms. The van der Waals surface area contributed by atoms with Crippen LogP contribution in [0, 0.1) is 27.7 Å². The molecule has 0 aliphatic heterocycles. The number of imidazole rings is 2. The Morgan fingerprint density at radius 2 is 1.15 bits per heavy atom. The van der Waals surface area contributed by atoms with Gasteiger partial charge in [0.2, 0.25) is 0 Å². The van der Waals surface area contributed by atoms with Gasteiger partial charge < -0.3 is 10.6 Å². The third kappa shape index (κ3) is 5.44. The lowest BCUT2D eigenvalue weighted by Gasteiger charge is -2.08. The monoisotopic (exact) mass is 360 g/mol. The Morgan fingerprint density at radius 1 is 0.769 bits per heavy atom. The first-order valence-corrected chi connectivity index (χ1v) is 9.00. The first-order valence-electron chi connectivity index (χ1n) is 9.00. The highest BCUT2D eigenvalue weighted by Gasteiger charge is 2.09. The van der Waals surface area contributed by atoms with Crippen LogP contribution in [-0.4, -0.2) is 44.3 Å². The first kappa shape index (κ1) is 19.7. The standard InChI is InChI=1S/C18H28N6O2/c1-13-11-23(15(3)21-13)17(25)19-9-7-5-6-8-10-20-18(26)24-12-14(2)22-16(24)4/h11-12H,5-10H2,1-4H3,(H,19,25)(H,20,26). The lowest BCUT2D eigenvalue weighted by atomic mass is 10.2. The van der Waals surface area contributed by atoms with Crippen molar-refractivity contribution in [2.24, 2.45) is 0 Å². The number of hydrogen-bond donors (Lipinski definition) is 2. The van der Waals surface area contributed by atoms with E-state index in [0.29, 0.717) is 24.7 Å². The second kappa shape index (κ2) is 9.17. The molecule has 142 valence electrons. The molecule has 26 heavy (non-hydrogen) atoms. The fraction of sp³-hybridized carbons (Fsp3) is 0.556. The number of carbonyl (C=O) groups excluding carboxylic acids is 2. The van der Waals surface area contributed by atoms with Crippen molar-refractivity contribution < 1.29 is 9.59 Å². The van der Waals surface area contributed by atoms with Crippen LogP contribution < -0.4 is 10.6 Å². The van der Waals surface area contributed by atoms with Crippen molar-refractivity contribution in [2.75, 3.05) is 13.1 Å². The maximum atomic E-state index is 12.0. The Kier molecular flexibility index (Phi) is 6.94. The summed E-state index contributed by atoms with van der Waals surface area (Å²) in [4.78, 5) is 32.4. The fourth-order valence-electron chi connectivity index (χ4n) is 2.81. The molecule has 0 atom stereocenters. The normalized spacial score (nSPS) is 10.8. The highest BCUT2D eigenvalue weighted by Crippen LogP contribution is 2.03. The lowest BCUT2D eigenvalue weighted by molar-refractivity contribution is 0.240. The van der Waals surface area contributed by atoms with Crippen LogP contribution >= 0.6 is 0 Å². The zero-order valence-electron chi connectivity index (χ0n) is 16.0. The van der Waals surface area contributed by atoms with Gasteiger partial charge in [-0.2, -0.15) is 0 Å². The Bertz CT molecular complexity index is 698. The van der Waals surface area contributed by atoms with Crippen LogP contribution in [0.1, 0.15) is 48.7 Å². The molecule has 2 aromatic rings. The second-order valence-corrected chi connectivity index (χ2v) is 6.48. The number of carbonyl (C=O) groups is 2. The molecule has 0 saturated heterocycles. The zero-order valence-corrected chi connectivity index (χ0v) is 16.0. The van der Waals surface area contributed by atoms with Gasteiger partial charge in [-0.3, -0.25) is 9.13 Å². The van der Waals surface area contributed by atoms with Gasteiger partial charge in [0.25, 0.3) is 0 Å². The van der Waals surface area contributed by atoms with E-state index in [4.69, 9.17) is 0 Å². The van der Waals surface area contributed by atoms with E-state index in [1.54, 1.807) is 12.4 Å². The van der Waals surface area contributed by atoms with Gasteiger partial charge in [0, 0.05) is 25.5 Å². The van der Waals surface area contributed by atoms with Gasteiger partial charge in [0.1, 0.15) is 11.6 Å². The van der Waals surface area contributed by atoms with Gasteiger partial charge in [-0.1, -0.05) is 12.8 Å². The Morgan fingerprint density at radius 3 is 1.46 bits per heavy atom. The van der Waals surface area contributed by atoms with E-state index in [-0.39, 0.29) is 12.1 Å². The average molecular weight is 360 g/mol. The molecule has 2 rings (SSSR count). The number of hydrogen-bond acceptors (Lipinski definition) is 4. The topological polar surface area (TPSA) is 93.8 Å². The molecule has 0 radical (unpaired) electrons. The summed E-state index contributed by atoms with van der Waals surface area (Å²) in [5.41, 5.74) is 1.67. The van der Waals surface area contributed by atoms with Gasteiger partial charge >= 0.3 is 12.1 Å². The summed E-state index contributed by atoms with van der Waals surface area (Å²) in [6.07, 6.45) is 7.29. The summed E-state index contributed by atoms with van der Waals surface area (Å²) in [6, 6.07) is -0.275. The maximum absolute atomic E-state index is 12.0. The molecule has 8 nitrogen and oxygen atoms in total. The molecule has 0 fully saturated rings. The van der Waals surface area contributed by atoms with Crippen molar-refractivity contribution in [3.63, 3.8) is 0 Å². The van der Waals surface area contributed by atoms with Crippen molar-refractivity contribution >= 4 is 12.1 Å². The molecule has 2 amide bonds. The second-order valence-electron chi connectivity index (χ2n) is 6.48. The molecule has 2 aromatic heterocycles. The minimum absolute atomic E-state index is 0.138. The minimum atomic E-state index is -0.138. The van der Waals surface area contributed by atoms with E-state index in [0.717, 1.165) is 37.1 Å². The molecule has 0 aliphatic rings. The Labute approximate surface area is 154 Å². The molecule has 0 aliphatic carbocycles. The van der Waals surface area contributed by atoms with E-state index < -0.39 is 0 Å². The number of nitrogens with zero attached hydrogens (tertiary/aromatic N) is 4. The third-order valence-corrected chi connectivity index (χ3v) is 4.10. The molecule has 8 heteroatoms. The minimum Gasteiger partial charge on any atom is -0.337 e. The molecule has 0 spiro atoms. The third-order valence-electron chi connectivity index (χ3n) is 4.10. The van der Waals surface area contributed by atoms with E-state index in [2.05, 4.69) is 20.6 Å². The van der Waals surface area contributed by atoms with E-state index in [9.17, 15) is 9.59 Å². The Balaban J connectivity index is 1.54. The van der Waals surface area contributed by atoms with Gasteiger partial charge in [-0.15, -0.1) is 0 Å². The van der Waals surface area contributed by atoms with Crippen LogP contribution in [-0.2, 0) is 0 Å². The summed E-state index contributed by atoms with van der Waals surface area (Å²) < 4.78 is 3.06. The SMILES string of the molecule is Cc1cn(C(=O)NCCCCCCNC(=O)n2cc(C)nc2C)c(C)n1. The zero-order chi connectivity index (χ0) is 19.1. The van der Waals surface area contributed by atoms with Crippen molar-refractivity contribution in [3.05, 3.63) is 35.4 Å². The van der Waals surface area contributed by atoms with Crippen LogP contribution in [0.25, 0.3) is 0 Å². The molecular weight excluding hydrogens is 332 g/mol. The number of nitrogens with one attached hydrogen (secondary N) is 2. The largest absolute Gasteiger partial charge is 0.337 e. The fourth-order valence-corrected chi connectivity index (χ4v) is 2.81. The van der Waals surface area contributed by atoms with Crippen molar-refractivity contribution in [1.29, 1.82) is 0 Å². The van der Waals surface area contributed by atoms with Gasteiger partial charge in [0.15, 0.2) is 0 Å².